The van der Waals surface area contributed by atoms with E-state index in [-0.39, 0.29) is 6.04 Å². The number of Topliss-reactive ketones (excluding diaryl/α,β-unsaturated/α-hetero) is 1. The minimum absolute atomic E-state index is 0.240. The van der Waals surface area contributed by atoms with Crippen LogP contribution in [0.1, 0.15) is 24.4 Å². The SMILES string of the molecule is N#CC(c1ccc(Br)cc1)N1CCC(=O)CC1. The van der Waals surface area contributed by atoms with Crippen molar-refractivity contribution < 1.29 is 4.79 Å². The average Bonchev–Trinajstić information content (AvgIpc) is 2.35. The van der Waals surface area contributed by atoms with Gasteiger partial charge in [-0.25, -0.2) is 0 Å². The van der Waals surface area contributed by atoms with Crippen molar-refractivity contribution in [2.45, 2.75) is 18.9 Å². The standard InChI is InChI=1S/C13H13BrN2O/c14-11-3-1-10(2-4-11)13(9-15)16-7-5-12(17)6-8-16/h1-4,13H,5-8H2. The van der Waals surface area contributed by atoms with Gasteiger partial charge in [-0.3, -0.25) is 9.69 Å². The lowest BCUT2D eigenvalue weighted by Gasteiger charge is -2.30. The van der Waals surface area contributed by atoms with E-state index in [0.29, 0.717) is 31.7 Å². The van der Waals surface area contributed by atoms with Crippen molar-refractivity contribution in [2.24, 2.45) is 0 Å². The van der Waals surface area contributed by atoms with E-state index >= 15 is 0 Å². The molecule has 88 valence electrons. The lowest BCUT2D eigenvalue weighted by atomic mass is 10.0. The van der Waals surface area contributed by atoms with Crippen molar-refractivity contribution in [1.82, 2.24) is 4.90 Å². The van der Waals surface area contributed by atoms with Crippen LogP contribution >= 0.6 is 15.9 Å². The highest BCUT2D eigenvalue weighted by atomic mass is 79.9. The first-order chi connectivity index (χ1) is 8.20. The van der Waals surface area contributed by atoms with Crippen LogP contribution in [0.4, 0.5) is 0 Å². The lowest BCUT2D eigenvalue weighted by Crippen LogP contribution is -2.36. The molecular weight excluding hydrogens is 280 g/mol. The fraction of sp³-hybridized carbons (Fsp3) is 0.385. The predicted octanol–water partition coefficient (Wildman–Crippen LogP) is 2.68. The van der Waals surface area contributed by atoms with Gasteiger partial charge in [0, 0.05) is 30.4 Å². The van der Waals surface area contributed by atoms with Gasteiger partial charge < -0.3 is 0 Å². The second-order valence-corrected chi connectivity index (χ2v) is 5.07. The van der Waals surface area contributed by atoms with Crippen LogP contribution in [0.15, 0.2) is 28.7 Å². The molecular formula is C13H13BrN2O. The zero-order chi connectivity index (χ0) is 12.3. The Morgan fingerprint density at radius 1 is 1.24 bits per heavy atom. The maximum Gasteiger partial charge on any atom is 0.135 e. The number of nitriles is 1. The summed E-state index contributed by atoms with van der Waals surface area (Å²) < 4.78 is 1.01. The Morgan fingerprint density at radius 3 is 2.35 bits per heavy atom. The smallest absolute Gasteiger partial charge is 0.135 e. The number of piperidine rings is 1. The largest absolute Gasteiger partial charge is 0.300 e. The number of nitrogens with zero attached hydrogens (tertiary/aromatic N) is 2. The fourth-order valence-corrected chi connectivity index (χ4v) is 2.31. The maximum atomic E-state index is 11.2. The van der Waals surface area contributed by atoms with E-state index in [1.165, 1.54) is 0 Å². The Morgan fingerprint density at radius 2 is 1.82 bits per heavy atom. The summed E-state index contributed by atoms with van der Waals surface area (Å²) in [6.45, 7) is 1.38. The summed E-state index contributed by atoms with van der Waals surface area (Å²) in [6, 6.07) is 9.87. The van der Waals surface area contributed by atoms with Crippen LogP contribution in [-0.4, -0.2) is 23.8 Å². The Balaban J connectivity index is 2.14. The summed E-state index contributed by atoms with van der Waals surface area (Å²) in [4.78, 5) is 13.3. The molecule has 0 aromatic heterocycles. The molecule has 17 heavy (non-hydrogen) atoms. The number of hydrogen-bond acceptors (Lipinski definition) is 3. The molecule has 1 unspecified atom stereocenters. The van der Waals surface area contributed by atoms with E-state index in [4.69, 9.17) is 0 Å². The van der Waals surface area contributed by atoms with E-state index in [1.54, 1.807) is 0 Å². The number of carbonyl (C=O) groups is 1. The third kappa shape index (κ3) is 2.93. The first-order valence-corrected chi connectivity index (χ1v) is 6.41. The fourth-order valence-electron chi connectivity index (χ4n) is 2.04. The Hall–Kier alpha value is -1.18. The summed E-state index contributed by atoms with van der Waals surface area (Å²) in [5.74, 6) is 0.300. The van der Waals surface area contributed by atoms with E-state index < -0.39 is 0 Å². The van der Waals surface area contributed by atoms with E-state index in [9.17, 15) is 10.1 Å². The normalized spacial score (nSPS) is 18.7. The molecule has 1 heterocycles. The topological polar surface area (TPSA) is 44.1 Å². The molecule has 1 atom stereocenters. The van der Waals surface area contributed by atoms with Crippen LogP contribution in [0.25, 0.3) is 0 Å². The lowest BCUT2D eigenvalue weighted by molar-refractivity contribution is -0.121. The first kappa shape index (κ1) is 12.3. The number of carbonyl (C=O) groups excluding carboxylic acids is 1. The molecule has 1 aliphatic rings. The molecule has 1 aromatic carbocycles. The highest BCUT2D eigenvalue weighted by Crippen LogP contribution is 2.24. The molecule has 2 rings (SSSR count). The van der Waals surface area contributed by atoms with Gasteiger partial charge in [0.1, 0.15) is 11.8 Å². The van der Waals surface area contributed by atoms with Crippen LogP contribution in [0, 0.1) is 11.3 Å². The zero-order valence-electron chi connectivity index (χ0n) is 9.40. The van der Waals surface area contributed by atoms with Gasteiger partial charge in [-0.05, 0) is 17.7 Å². The minimum atomic E-state index is -0.240. The molecule has 1 fully saturated rings. The van der Waals surface area contributed by atoms with E-state index in [0.717, 1.165) is 10.0 Å². The second-order valence-electron chi connectivity index (χ2n) is 4.16. The van der Waals surface area contributed by atoms with Crippen molar-refractivity contribution >= 4 is 21.7 Å². The van der Waals surface area contributed by atoms with Crippen molar-refractivity contribution in [3.05, 3.63) is 34.3 Å². The summed E-state index contributed by atoms with van der Waals surface area (Å²) in [5, 5.41) is 9.28. The Labute approximate surface area is 109 Å². The summed E-state index contributed by atoms with van der Waals surface area (Å²) >= 11 is 3.38. The number of halogens is 1. The zero-order valence-corrected chi connectivity index (χ0v) is 11.0. The monoisotopic (exact) mass is 292 g/mol. The van der Waals surface area contributed by atoms with Crippen LogP contribution in [0.2, 0.25) is 0 Å². The van der Waals surface area contributed by atoms with E-state index in [1.807, 2.05) is 24.3 Å². The first-order valence-electron chi connectivity index (χ1n) is 5.61. The van der Waals surface area contributed by atoms with Crippen molar-refractivity contribution in [1.29, 1.82) is 5.26 Å². The van der Waals surface area contributed by atoms with Gasteiger partial charge in [0.15, 0.2) is 0 Å². The molecule has 0 aliphatic carbocycles. The summed E-state index contributed by atoms with van der Waals surface area (Å²) in [6.07, 6.45) is 1.13. The molecule has 0 bridgehead atoms. The van der Waals surface area contributed by atoms with Gasteiger partial charge in [0.05, 0.1) is 6.07 Å². The van der Waals surface area contributed by atoms with Crippen LogP contribution in [0.5, 0.6) is 0 Å². The minimum Gasteiger partial charge on any atom is -0.300 e. The summed E-state index contributed by atoms with van der Waals surface area (Å²) in [7, 11) is 0. The third-order valence-corrected chi connectivity index (χ3v) is 3.56. The van der Waals surface area contributed by atoms with Gasteiger partial charge in [0.2, 0.25) is 0 Å². The van der Waals surface area contributed by atoms with Crippen molar-refractivity contribution in [3.63, 3.8) is 0 Å². The van der Waals surface area contributed by atoms with Crippen LogP contribution < -0.4 is 0 Å². The third-order valence-electron chi connectivity index (χ3n) is 3.03. The van der Waals surface area contributed by atoms with Crippen LogP contribution in [-0.2, 0) is 4.79 Å². The average molecular weight is 293 g/mol. The molecule has 0 radical (unpaired) electrons. The second kappa shape index (κ2) is 5.44. The highest BCUT2D eigenvalue weighted by molar-refractivity contribution is 9.10. The van der Waals surface area contributed by atoms with Gasteiger partial charge >= 0.3 is 0 Å². The maximum absolute atomic E-state index is 11.2. The molecule has 0 spiro atoms. The molecule has 1 aliphatic heterocycles. The molecule has 3 nitrogen and oxygen atoms in total. The molecule has 4 heteroatoms. The molecule has 0 N–H and O–H groups in total. The summed E-state index contributed by atoms with van der Waals surface area (Å²) in [5.41, 5.74) is 0.991. The molecule has 0 amide bonds. The highest BCUT2D eigenvalue weighted by Gasteiger charge is 2.24. The van der Waals surface area contributed by atoms with Crippen molar-refractivity contribution in [3.8, 4) is 6.07 Å². The van der Waals surface area contributed by atoms with Gasteiger partial charge in [-0.2, -0.15) is 5.26 Å². The number of likely N-dealkylation sites (tertiary alicyclic amines) is 1. The Bertz CT molecular complexity index is 439. The number of rotatable bonds is 2. The number of benzene rings is 1. The molecule has 0 saturated carbocycles. The quantitative estimate of drug-likeness (QED) is 0.842. The van der Waals surface area contributed by atoms with Crippen LogP contribution in [0.3, 0.4) is 0 Å². The molecule has 1 saturated heterocycles. The van der Waals surface area contributed by atoms with Crippen molar-refractivity contribution in [2.75, 3.05) is 13.1 Å². The van der Waals surface area contributed by atoms with Gasteiger partial charge in [0.25, 0.3) is 0 Å². The van der Waals surface area contributed by atoms with E-state index in [2.05, 4.69) is 26.9 Å². The predicted molar refractivity (Wildman–Crippen MR) is 68.3 cm³/mol. The van der Waals surface area contributed by atoms with Gasteiger partial charge in [-0.15, -0.1) is 0 Å². The number of hydrogen-bond donors (Lipinski definition) is 0. The molecule has 1 aromatic rings. The van der Waals surface area contributed by atoms with Gasteiger partial charge in [-0.1, -0.05) is 28.1 Å². The Kier molecular flexibility index (Phi) is 3.93. The number of ketones is 1.